The molecule has 1 unspecified atom stereocenters. The summed E-state index contributed by atoms with van der Waals surface area (Å²) in [5, 5.41) is 6.71. The van der Waals surface area contributed by atoms with Crippen LogP contribution in [0, 0.1) is 0 Å². The van der Waals surface area contributed by atoms with Gasteiger partial charge in [0.05, 0.1) is 0 Å². The number of guanidine groups is 1. The van der Waals surface area contributed by atoms with E-state index in [9.17, 15) is 4.79 Å². The predicted octanol–water partition coefficient (Wildman–Crippen LogP) is 2.28. The van der Waals surface area contributed by atoms with Gasteiger partial charge in [-0.05, 0) is 50.2 Å². The number of amides is 1. The van der Waals surface area contributed by atoms with Crippen molar-refractivity contribution in [3.05, 3.63) is 35.4 Å². The molecule has 1 saturated heterocycles. The van der Waals surface area contributed by atoms with Crippen molar-refractivity contribution in [1.29, 1.82) is 0 Å². The Morgan fingerprint density at radius 1 is 1.20 bits per heavy atom. The smallest absolute Gasteiger partial charge is 0.244 e. The number of carbonyl (C=O) groups excluding carboxylic acids is 1. The van der Waals surface area contributed by atoms with Crippen molar-refractivity contribution < 1.29 is 4.79 Å². The molecule has 3 rings (SSSR count). The van der Waals surface area contributed by atoms with Crippen LogP contribution < -0.4 is 10.6 Å². The fourth-order valence-corrected chi connectivity index (χ4v) is 3.84. The summed E-state index contributed by atoms with van der Waals surface area (Å²) in [7, 11) is 0. The molecule has 0 radical (unpaired) electrons. The molecule has 0 saturated carbocycles. The summed E-state index contributed by atoms with van der Waals surface area (Å²) in [6.45, 7) is 5.71. The van der Waals surface area contributed by atoms with Gasteiger partial charge in [-0.25, -0.2) is 4.99 Å². The molecule has 2 N–H and O–H groups in total. The molecular formula is C20H30N4O. The third kappa shape index (κ3) is 4.74. The Bertz CT molecular complexity index is 607. The molecule has 25 heavy (non-hydrogen) atoms. The first-order chi connectivity index (χ1) is 12.3. The minimum atomic E-state index is 0.137. The number of rotatable bonds is 5. The van der Waals surface area contributed by atoms with E-state index in [-0.39, 0.29) is 12.5 Å². The standard InChI is InChI=1S/C20H30N4O/c1-2-21-20(23-15-19(25)24-12-5-6-13-24)22-14-17-10-7-9-16-8-3-4-11-18(16)17/h3-4,8,11,17H,2,5-7,9-10,12-15H2,1H3,(H2,21,22,23). The van der Waals surface area contributed by atoms with Gasteiger partial charge in [0.15, 0.2) is 5.96 Å². The van der Waals surface area contributed by atoms with Crippen molar-refractivity contribution >= 4 is 11.9 Å². The van der Waals surface area contributed by atoms with Crippen LogP contribution in [-0.4, -0.2) is 49.5 Å². The zero-order valence-electron chi connectivity index (χ0n) is 15.3. The second kappa shape index (κ2) is 8.88. The van der Waals surface area contributed by atoms with Crippen molar-refractivity contribution in [3.63, 3.8) is 0 Å². The molecule has 1 aromatic rings. The first-order valence-electron chi connectivity index (χ1n) is 9.65. The third-order valence-corrected chi connectivity index (χ3v) is 5.18. The maximum absolute atomic E-state index is 12.2. The number of hydrogen-bond donors (Lipinski definition) is 2. The quantitative estimate of drug-likeness (QED) is 0.638. The molecule has 1 aromatic carbocycles. The monoisotopic (exact) mass is 342 g/mol. The van der Waals surface area contributed by atoms with Crippen molar-refractivity contribution in [2.24, 2.45) is 4.99 Å². The predicted molar refractivity (Wildman–Crippen MR) is 102 cm³/mol. The molecule has 1 fully saturated rings. The highest BCUT2D eigenvalue weighted by Crippen LogP contribution is 2.30. The lowest BCUT2D eigenvalue weighted by Crippen LogP contribution is -2.41. The number of carbonyl (C=O) groups is 1. The third-order valence-electron chi connectivity index (χ3n) is 5.18. The Hall–Kier alpha value is -2.04. The van der Waals surface area contributed by atoms with E-state index in [0.717, 1.165) is 45.0 Å². The molecule has 1 aliphatic carbocycles. The number of aryl methyl sites for hydroxylation is 1. The van der Waals surface area contributed by atoms with Crippen LogP contribution in [0.3, 0.4) is 0 Å². The molecule has 1 aliphatic heterocycles. The van der Waals surface area contributed by atoms with Crippen LogP contribution in [-0.2, 0) is 11.2 Å². The van der Waals surface area contributed by atoms with Crippen LogP contribution in [0.2, 0.25) is 0 Å². The summed E-state index contributed by atoms with van der Waals surface area (Å²) >= 11 is 0. The zero-order valence-corrected chi connectivity index (χ0v) is 15.3. The molecule has 5 heteroatoms. The molecule has 5 nitrogen and oxygen atoms in total. The summed E-state index contributed by atoms with van der Waals surface area (Å²) < 4.78 is 0. The Morgan fingerprint density at radius 2 is 2.00 bits per heavy atom. The Kier molecular flexibility index (Phi) is 6.31. The van der Waals surface area contributed by atoms with E-state index >= 15 is 0 Å². The number of fused-ring (bicyclic) bond motifs is 1. The van der Waals surface area contributed by atoms with Gasteiger partial charge in [0.25, 0.3) is 0 Å². The molecule has 1 amide bonds. The van der Waals surface area contributed by atoms with Crippen molar-refractivity contribution in [3.8, 4) is 0 Å². The lowest BCUT2D eigenvalue weighted by Gasteiger charge is -2.26. The molecule has 0 spiro atoms. The van der Waals surface area contributed by atoms with Crippen LogP contribution in [0.5, 0.6) is 0 Å². The number of nitrogens with one attached hydrogen (secondary N) is 2. The molecule has 1 atom stereocenters. The van der Waals surface area contributed by atoms with E-state index in [1.807, 2.05) is 4.90 Å². The highest BCUT2D eigenvalue weighted by Gasteiger charge is 2.20. The normalized spacial score (nSPS) is 20.3. The number of nitrogens with zero attached hydrogens (tertiary/aromatic N) is 2. The molecule has 1 heterocycles. The van der Waals surface area contributed by atoms with E-state index < -0.39 is 0 Å². The maximum Gasteiger partial charge on any atom is 0.244 e. The fraction of sp³-hybridized carbons (Fsp3) is 0.600. The lowest BCUT2D eigenvalue weighted by molar-refractivity contribution is -0.128. The van der Waals surface area contributed by atoms with Gasteiger partial charge in [-0.1, -0.05) is 24.3 Å². The summed E-state index contributed by atoms with van der Waals surface area (Å²) in [6, 6.07) is 8.76. The van der Waals surface area contributed by atoms with E-state index in [2.05, 4.69) is 46.8 Å². The largest absolute Gasteiger partial charge is 0.357 e. The highest BCUT2D eigenvalue weighted by molar-refractivity contribution is 5.85. The summed E-state index contributed by atoms with van der Waals surface area (Å²) in [4.78, 5) is 18.6. The number of aliphatic imine (C=N–C) groups is 1. The topological polar surface area (TPSA) is 56.7 Å². The minimum absolute atomic E-state index is 0.137. The van der Waals surface area contributed by atoms with Crippen molar-refractivity contribution in [2.75, 3.05) is 32.7 Å². The Morgan fingerprint density at radius 3 is 2.80 bits per heavy atom. The van der Waals surface area contributed by atoms with E-state index in [1.165, 1.54) is 30.4 Å². The minimum Gasteiger partial charge on any atom is -0.357 e. The van der Waals surface area contributed by atoms with Crippen molar-refractivity contribution in [1.82, 2.24) is 15.5 Å². The van der Waals surface area contributed by atoms with E-state index in [1.54, 1.807) is 0 Å². The average Bonchev–Trinajstić information content (AvgIpc) is 3.18. The number of hydrogen-bond acceptors (Lipinski definition) is 2. The molecule has 136 valence electrons. The average molecular weight is 342 g/mol. The highest BCUT2D eigenvalue weighted by atomic mass is 16.2. The van der Waals surface area contributed by atoms with Gasteiger partial charge in [-0.15, -0.1) is 0 Å². The van der Waals surface area contributed by atoms with Gasteiger partial charge < -0.3 is 15.5 Å². The SMILES string of the molecule is CCNC(=NCC(=O)N1CCCC1)NCC1CCCc2ccccc21. The lowest BCUT2D eigenvalue weighted by atomic mass is 9.83. The van der Waals surface area contributed by atoms with Gasteiger partial charge in [0, 0.05) is 32.1 Å². The van der Waals surface area contributed by atoms with E-state index in [0.29, 0.717) is 5.92 Å². The van der Waals surface area contributed by atoms with Crippen LogP contribution in [0.25, 0.3) is 0 Å². The van der Waals surface area contributed by atoms with Gasteiger partial charge in [0.2, 0.25) is 5.91 Å². The zero-order chi connectivity index (χ0) is 17.5. The summed E-state index contributed by atoms with van der Waals surface area (Å²) in [5.74, 6) is 1.40. The molecule has 0 aromatic heterocycles. The van der Waals surface area contributed by atoms with Crippen LogP contribution in [0.15, 0.2) is 29.3 Å². The second-order valence-electron chi connectivity index (χ2n) is 6.95. The first kappa shape index (κ1) is 17.8. The van der Waals surface area contributed by atoms with Crippen LogP contribution in [0.4, 0.5) is 0 Å². The summed E-state index contributed by atoms with van der Waals surface area (Å²) in [6.07, 6.45) is 5.87. The molecule has 0 bridgehead atoms. The van der Waals surface area contributed by atoms with Gasteiger partial charge in [0.1, 0.15) is 6.54 Å². The Labute approximate surface area is 150 Å². The van der Waals surface area contributed by atoms with Crippen LogP contribution >= 0.6 is 0 Å². The second-order valence-corrected chi connectivity index (χ2v) is 6.95. The van der Waals surface area contributed by atoms with Crippen molar-refractivity contribution in [2.45, 2.75) is 44.9 Å². The molecule has 2 aliphatic rings. The number of benzene rings is 1. The van der Waals surface area contributed by atoms with Gasteiger partial charge in [-0.2, -0.15) is 0 Å². The fourth-order valence-electron chi connectivity index (χ4n) is 3.84. The van der Waals surface area contributed by atoms with Gasteiger partial charge in [-0.3, -0.25) is 4.79 Å². The maximum atomic E-state index is 12.2. The van der Waals surface area contributed by atoms with E-state index in [4.69, 9.17) is 0 Å². The first-order valence-corrected chi connectivity index (χ1v) is 9.65. The number of likely N-dealkylation sites (tertiary alicyclic amines) is 1. The van der Waals surface area contributed by atoms with Crippen LogP contribution in [0.1, 0.15) is 49.7 Å². The molecular weight excluding hydrogens is 312 g/mol. The Balaban J connectivity index is 1.57. The summed E-state index contributed by atoms with van der Waals surface area (Å²) in [5.41, 5.74) is 2.94. The van der Waals surface area contributed by atoms with Gasteiger partial charge >= 0.3 is 0 Å².